The Morgan fingerprint density at radius 1 is 1.47 bits per heavy atom. The fourth-order valence-electron chi connectivity index (χ4n) is 1.75. The topological polar surface area (TPSA) is 44.9 Å². The fraction of sp³-hybridized carbons (Fsp3) is 0.917. The summed E-state index contributed by atoms with van der Waals surface area (Å²) in [5.74, 6) is 3.06. The first-order valence-electron chi connectivity index (χ1n) is 6.48. The number of likely N-dealkylation sites (N-methyl/N-ethyl adjacent to an activating group) is 1. The van der Waals surface area contributed by atoms with E-state index in [9.17, 15) is 0 Å². The lowest BCUT2D eigenvalue weighted by atomic mass is 10.2. The van der Waals surface area contributed by atoms with Gasteiger partial charge in [-0.05, 0) is 20.4 Å². The summed E-state index contributed by atoms with van der Waals surface area (Å²) in [7, 11) is 2.15. The molecule has 0 aromatic rings. The van der Waals surface area contributed by atoms with Crippen LogP contribution in [0, 0.1) is 0 Å². The van der Waals surface area contributed by atoms with Crippen LogP contribution in [0.2, 0.25) is 0 Å². The van der Waals surface area contributed by atoms with Gasteiger partial charge in [0.2, 0.25) is 0 Å². The molecule has 5 heteroatoms. The minimum atomic E-state index is 0.623. The molecule has 0 aromatic carbocycles. The van der Waals surface area contributed by atoms with Crippen molar-refractivity contribution in [1.82, 2.24) is 9.80 Å². The van der Waals surface area contributed by atoms with Crippen LogP contribution in [0.5, 0.6) is 0 Å². The van der Waals surface area contributed by atoms with E-state index in [1.165, 1.54) is 17.9 Å². The molecule has 1 heterocycles. The Balaban J connectivity index is 2.27. The zero-order chi connectivity index (χ0) is 12.7. The first-order valence-corrected chi connectivity index (χ1v) is 7.63. The van der Waals surface area contributed by atoms with Gasteiger partial charge in [-0.3, -0.25) is 4.99 Å². The maximum absolute atomic E-state index is 5.99. The van der Waals surface area contributed by atoms with E-state index in [1.54, 1.807) is 0 Å². The van der Waals surface area contributed by atoms with Crippen molar-refractivity contribution in [3.63, 3.8) is 0 Å². The fourth-order valence-corrected chi connectivity index (χ4v) is 2.65. The van der Waals surface area contributed by atoms with Crippen LogP contribution in [-0.2, 0) is 0 Å². The number of thioether (sulfide) groups is 1. The zero-order valence-electron chi connectivity index (χ0n) is 11.4. The number of rotatable bonds is 5. The maximum Gasteiger partial charge on any atom is 0.191 e. The van der Waals surface area contributed by atoms with E-state index in [0.29, 0.717) is 6.04 Å². The summed E-state index contributed by atoms with van der Waals surface area (Å²) in [6.07, 6.45) is 1.18. The number of nitrogens with zero attached hydrogens (tertiary/aromatic N) is 3. The molecule has 1 fully saturated rings. The van der Waals surface area contributed by atoms with Gasteiger partial charge >= 0.3 is 0 Å². The summed E-state index contributed by atoms with van der Waals surface area (Å²) >= 11 is 1.99. The van der Waals surface area contributed by atoms with Gasteiger partial charge in [-0.25, -0.2) is 0 Å². The van der Waals surface area contributed by atoms with Gasteiger partial charge in [-0.1, -0.05) is 6.92 Å². The average Bonchev–Trinajstić information content (AvgIpc) is 2.38. The average molecular weight is 258 g/mol. The predicted molar refractivity (Wildman–Crippen MR) is 77.8 cm³/mol. The van der Waals surface area contributed by atoms with Gasteiger partial charge in [0.15, 0.2) is 5.96 Å². The first-order chi connectivity index (χ1) is 8.15. The monoisotopic (exact) mass is 258 g/mol. The van der Waals surface area contributed by atoms with Crippen LogP contribution < -0.4 is 5.73 Å². The van der Waals surface area contributed by atoms with Crippen molar-refractivity contribution in [2.45, 2.75) is 26.3 Å². The van der Waals surface area contributed by atoms with E-state index in [0.717, 1.165) is 32.1 Å². The Labute approximate surface area is 110 Å². The van der Waals surface area contributed by atoms with E-state index in [4.69, 9.17) is 5.73 Å². The van der Waals surface area contributed by atoms with Gasteiger partial charge in [0.05, 0.1) is 6.54 Å². The number of hydrogen-bond acceptors (Lipinski definition) is 3. The van der Waals surface area contributed by atoms with E-state index in [-0.39, 0.29) is 0 Å². The molecule has 0 aromatic heterocycles. The lowest BCUT2D eigenvalue weighted by molar-refractivity contribution is 0.259. The molecule has 100 valence electrons. The van der Waals surface area contributed by atoms with Gasteiger partial charge in [0.25, 0.3) is 0 Å². The van der Waals surface area contributed by atoms with Gasteiger partial charge in [-0.15, -0.1) is 0 Å². The molecular weight excluding hydrogens is 232 g/mol. The Morgan fingerprint density at radius 2 is 2.12 bits per heavy atom. The number of guanidine groups is 1. The van der Waals surface area contributed by atoms with E-state index in [1.807, 2.05) is 11.8 Å². The van der Waals surface area contributed by atoms with Crippen LogP contribution >= 0.6 is 11.8 Å². The minimum Gasteiger partial charge on any atom is -0.370 e. The summed E-state index contributed by atoms with van der Waals surface area (Å²) in [6, 6.07) is 0.623. The van der Waals surface area contributed by atoms with Crippen molar-refractivity contribution in [3.05, 3.63) is 0 Å². The van der Waals surface area contributed by atoms with E-state index < -0.39 is 0 Å². The molecule has 4 nitrogen and oxygen atoms in total. The largest absolute Gasteiger partial charge is 0.370 e. The second-order valence-electron chi connectivity index (χ2n) is 4.58. The second-order valence-corrected chi connectivity index (χ2v) is 5.80. The molecule has 2 N–H and O–H groups in total. The highest BCUT2D eigenvalue weighted by molar-refractivity contribution is 7.99. The van der Waals surface area contributed by atoms with Crippen LogP contribution in [0.3, 0.4) is 0 Å². The molecule has 1 aliphatic rings. The molecule has 1 atom stereocenters. The molecule has 0 aliphatic carbocycles. The van der Waals surface area contributed by atoms with Gasteiger partial charge in [-0.2, -0.15) is 11.8 Å². The third-order valence-corrected chi connectivity index (χ3v) is 4.35. The van der Waals surface area contributed by atoms with Crippen molar-refractivity contribution >= 4 is 17.7 Å². The number of aliphatic imine (C=N–C) groups is 1. The molecular formula is C12H26N4S. The quantitative estimate of drug-likeness (QED) is 0.592. The highest BCUT2D eigenvalue weighted by Gasteiger charge is 2.12. The molecule has 1 unspecified atom stereocenters. The molecule has 1 saturated heterocycles. The highest BCUT2D eigenvalue weighted by atomic mass is 32.2. The van der Waals surface area contributed by atoms with Gasteiger partial charge in [0, 0.05) is 37.2 Å². The number of nitrogens with two attached hydrogens (primary N) is 1. The van der Waals surface area contributed by atoms with Crippen molar-refractivity contribution in [3.8, 4) is 0 Å². The second kappa shape index (κ2) is 7.82. The van der Waals surface area contributed by atoms with Crippen LogP contribution in [0.4, 0.5) is 0 Å². The highest BCUT2D eigenvalue weighted by Crippen LogP contribution is 2.08. The molecule has 0 bridgehead atoms. The molecule has 17 heavy (non-hydrogen) atoms. The SMILES string of the molecule is CCC(C)N(C)CCN=C(N)N1CCSCC1. The molecule has 1 aliphatic heterocycles. The smallest absolute Gasteiger partial charge is 0.191 e. The summed E-state index contributed by atoms with van der Waals surface area (Å²) in [5.41, 5.74) is 5.99. The molecule has 0 radical (unpaired) electrons. The maximum atomic E-state index is 5.99. The zero-order valence-corrected chi connectivity index (χ0v) is 12.2. The van der Waals surface area contributed by atoms with Crippen molar-refractivity contribution in [2.24, 2.45) is 10.7 Å². The lowest BCUT2D eigenvalue weighted by Crippen LogP contribution is -2.43. The van der Waals surface area contributed by atoms with Crippen LogP contribution in [0.25, 0.3) is 0 Å². The Bertz CT molecular complexity index is 239. The minimum absolute atomic E-state index is 0.623. The Kier molecular flexibility index (Phi) is 6.73. The van der Waals surface area contributed by atoms with Gasteiger partial charge in [0.1, 0.15) is 0 Å². The first kappa shape index (κ1) is 14.6. The lowest BCUT2D eigenvalue weighted by Gasteiger charge is -2.27. The van der Waals surface area contributed by atoms with E-state index >= 15 is 0 Å². The Morgan fingerprint density at radius 3 is 2.71 bits per heavy atom. The summed E-state index contributed by atoms with van der Waals surface area (Å²) < 4.78 is 0. The van der Waals surface area contributed by atoms with Crippen LogP contribution in [-0.4, -0.2) is 66.5 Å². The standard InChI is InChI=1S/C12H26N4S/c1-4-11(2)15(3)6-5-14-12(13)16-7-9-17-10-8-16/h11H,4-10H2,1-3H3,(H2,13,14). The number of hydrogen-bond donors (Lipinski definition) is 1. The van der Waals surface area contributed by atoms with Crippen molar-refractivity contribution < 1.29 is 0 Å². The normalized spacial score (nSPS) is 19.8. The Hall–Kier alpha value is -0.420. The predicted octanol–water partition coefficient (Wildman–Crippen LogP) is 1.08. The van der Waals surface area contributed by atoms with Crippen molar-refractivity contribution in [2.75, 3.05) is 44.7 Å². The molecule has 1 rings (SSSR count). The van der Waals surface area contributed by atoms with Gasteiger partial charge < -0.3 is 15.5 Å². The summed E-state index contributed by atoms with van der Waals surface area (Å²) in [6.45, 7) is 8.33. The third kappa shape index (κ3) is 5.17. The van der Waals surface area contributed by atoms with Crippen molar-refractivity contribution in [1.29, 1.82) is 0 Å². The molecule has 0 spiro atoms. The van der Waals surface area contributed by atoms with E-state index in [2.05, 4.69) is 35.7 Å². The van der Waals surface area contributed by atoms with Crippen LogP contribution in [0.15, 0.2) is 4.99 Å². The van der Waals surface area contributed by atoms with Crippen LogP contribution in [0.1, 0.15) is 20.3 Å². The third-order valence-electron chi connectivity index (χ3n) is 3.40. The summed E-state index contributed by atoms with van der Waals surface area (Å²) in [4.78, 5) is 9.00. The molecule has 0 amide bonds. The summed E-state index contributed by atoms with van der Waals surface area (Å²) in [5, 5.41) is 0. The molecule has 0 saturated carbocycles.